The summed E-state index contributed by atoms with van der Waals surface area (Å²) in [6.45, 7) is 0. The molecule has 0 saturated carbocycles. The SMILES string of the molecule is COc1ccc(C(=CC(F)(F)C(F)(F)C(F)(F)C(F)(F)F)N(c2ccccc2)S(=O)(=O)C(F)(F)F)cc1. The number of hydrogen-bond acceptors (Lipinski definition) is 3. The molecule has 0 radical (unpaired) electrons. The van der Waals surface area contributed by atoms with Gasteiger partial charge in [0.25, 0.3) is 0 Å². The van der Waals surface area contributed by atoms with Crippen LogP contribution in [0.1, 0.15) is 5.56 Å². The van der Waals surface area contributed by atoms with Gasteiger partial charge in [-0.3, -0.25) is 0 Å². The average molecular weight is 575 g/mol. The van der Waals surface area contributed by atoms with E-state index in [9.17, 15) is 61.1 Å². The lowest BCUT2D eigenvalue weighted by Gasteiger charge is -2.34. The van der Waals surface area contributed by atoms with Crippen LogP contribution in [-0.4, -0.2) is 45.0 Å². The van der Waals surface area contributed by atoms with Crippen LogP contribution in [0.25, 0.3) is 5.70 Å². The third-order valence-corrected chi connectivity index (χ3v) is 6.09. The van der Waals surface area contributed by atoms with Crippen LogP contribution in [0.3, 0.4) is 0 Å². The van der Waals surface area contributed by atoms with Gasteiger partial charge in [-0.1, -0.05) is 18.2 Å². The van der Waals surface area contributed by atoms with Crippen molar-refractivity contribution < 1.29 is 65.8 Å². The second-order valence-corrected chi connectivity index (χ2v) is 8.86. The van der Waals surface area contributed by atoms with Crippen molar-refractivity contribution in [2.75, 3.05) is 11.4 Å². The summed E-state index contributed by atoms with van der Waals surface area (Å²) >= 11 is 0. The van der Waals surface area contributed by atoms with Gasteiger partial charge in [0.2, 0.25) is 0 Å². The third-order valence-electron chi connectivity index (χ3n) is 4.62. The van der Waals surface area contributed by atoms with Crippen molar-refractivity contribution >= 4 is 21.4 Å². The lowest BCUT2D eigenvalue weighted by Crippen LogP contribution is -2.60. The zero-order valence-electron chi connectivity index (χ0n) is 17.9. The van der Waals surface area contributed by atoms with Gasteiger partial charge in [0.15, 0.2) is 0 Å². The molecule has 2 aromatic carbocycles. The number of sulfonamides is 1. The number of para-hydroxylation sites is 1. The second kappa shape index (κ2) is 9.64. The van der Waals surface area contributed by atoms with E-state index in [-0.39, 0.29) is 5.75 Å². The summed E-state index contributed by atoms with van der Waals surface area (Å²) in [6, 6.07) is 6.99. The number of allylic oxidation sites excluding steroid dienone is 1. The molecule has 0 unspecified atom stereocenters. The minimum atomic E-state index is -7.38. The number of benzene rings is 2. The summed E-state index contributed by atoms with van der Waals surface area (Å²) in [4.78, 5) is 0. The Morgan fingerprint density at radius 3 is 1.65 bits per heavy atom. The Balaban J connectivity index is 2.99. The molecule has 17 heteroatoms. The van der Waals surface area contributed by atoms with Crippen LogP contribution in [0.15, 0.2) is 60.7 Å². The monoisotopic (exact) mass is 575 g/mol. The number of alkyl halides is 12. The van der Waals surface area contributed by atoms with Crippen molar-refractivity contribution in [1.82, 2.24) is 0 Å². The Morgan fingerprint density at radius 1 is 0.757 bits per heavy atom. The lowest BCUT2D eigenvalue weighted by atomic mass is 10.0. The Kier molecular flexibility index (Phi) is 7.85. The molecular weight excluding hydrogens is 562 g/mol. The number of nitrogens with zero attached hydrogens (tertiary/aromatic N) is 1. The fraction of sp³-hybridized carbons (Fsp3) is 0.300. The molecule has 0 amide bonds. The number of ether oxygens (including phenoxy) is 1. The zero-order chi connectivity index (χ0) is 28.7. The number of hydrogen-bond donors (Lipinski definition) is 0. The highest BCUT2D eigenvalue weighted by Crippen LogP contribution is 2.54. The molecule has 0 atom stereocenters. The highest BCUT2D eigenvalue weighted by atomic mass is 32.2. The van der Waals surface area contributed by atoms with Crippen molar-refractivity contribution in [1.29, 1.82) is 0 Å². The summed E-state index contributed by atoms with van der Waals surface area (Å²) in [5.74, 6) is -21.3. The van der Waals surface area contributed by atoms with Gasteiger partial charge in [0, 0.05) is 6.08 Å². The van der Waals surface area contributed by atoms with Crippen molar-refractivity contribution in [3.63, 3.8) is 0 Å². The number of anilines is 1. The maximum absolute atomic E-state index is 14.5. The zero-order valence-corrected chi connectivity index (χ0v) is 18.7. The summed E-state index contributed by atoms with van der Waals surface area (Å²) in [7, 11) is -5.72. The van der Waals surface area contributed by atoms with Gasteiger partial charge < -0.3 is 4.74 Å². The van der Waals surface area contributed by atoms with Crippen molar-refractivity contribution in [3.8, 4) is 5.75 Å². The van der Waals surface area contributed by atoms with Crippen LogP contribution in [0.5, 0.6) is 5.75 Å². The van der Waals surface area contributed by atoms with Crippen LogP contribution >= 0.6 is 0 Å². The lowest BCUT2D eigenvalue weighted by molar-refractivity contribution is -0.388. The van der Waals surface area contributed by atoms with Crippen LogP contribution in [0, 0.1) is 0 Å². The van der Waals surface area contributed by atoms with E-state index in [1.54, 1.807) is 0 Å². The number of methoxy groups -OCH3 is 1. The van der Waals surface area contributed by atoms with E-state index >= 15 is 0 Å². The normalized spacial score (nSPS) is 14.5. The highest BCUT2D eigenvalue weighted by molar-refractivity contribution is 7.94. The first kappa shape index (κ1) is 30.1. The van der Waals surface area contributed by atoms with Gasteiger partial charge >= 0.3 is 39.5 Å². The molecule has 0 aliphatic rings. The van der Waals surface area contributed by atoms with E-state index in [0.717, 1.165) is 37.4 Å². The molecule has 0 fully saturated rings. The van der Waals surface area contributed by atoms with Gasteiger partial charge in [-0.05, 0) is 42.0 Å². The maximum Gasteiger partial charge on any atom is 0.517 e. The van der Waals surface area contributed by atoms with Gasteiger partial charge in [-0.15, -0.1) is 0 Å². The predicted molar refractivity (Wildman–Crippen MR) is 106 cm³/mol. The molecular formula is C20H13F12NO3S. The molecule has 206 valence electrons. The van der Waals surface area contributed by atoms with Crippen molar-refractivity contribution in [3.05, 3.63) is 66.2 Å². The van der Waals surface area contributed by atoms with Gasteiger partial charge in [-0.25, -0.2) is 4.31 Å². The van der Waals surface area contributed by atoms with Gasteiger partial charge in [0.05, 0.1) is 18.5 Å². The summed E-state index contributed by atoms with van der Waals surface area (Å²) < 4.78 is 190. The fourth-order valence-electron chi connectivity index (χ4n) is 2.74. The summed E-state index contributed by atoms with van der Waals surface area (Å²) in [6.07, 6.45) is -8.62. The van der Waals surface area contributed by atoms with E-state index < -0.39 is 66.8 Å². The molecule has 0 saturated heterocycles. The minimum absolute atomic E-state index is 0.103. The molecule has 2 rings (SSSR count). The third kappa shape index (κ3) is 5.45. The topological polar surface area (TPSA) is 46.6 Å². The maximum atomic E-state index is 14.5. The summed E-state index contributed by atoms with van der Waals surface area (Å²) in [5, 5.41) is 0. The molecule has 2 aromatic rings. The first-order valence-electron chi connectivity index (χ1n) is 9.36. The Hall–Kier alpha value is -3.11. The molecule has 37 heavy (non-hydrogen) atoms. The van der Waals surface area contributed by atoms with E-state index in [0.29, 0.717) is 24.3 Å². The smallest absolute Gasteiger partial charge is 0.497 e. The van der Waals surface area contributed by atoms with Crippen LogP contribution in [-0.2, 0) is 10.0 Å². The Bertz CT molecular complexity index is 1220. The highest BCUT2D eigenvalue weighted by Gasteiger charge is 2.81. The molecule has 4 nitrogen and oxygen atoms in total. The number of rotatable bonds is 8. The number of halogens is 12. The second-order valence-electron chi connectivity index (χ2n) is 7.08. The van der Waals surface area contributed by atoms with E-state index in [2.05, 4.69) is 0 Å². The Morgan fingerprint density at radius 2 is 1.24 bits per heavy atom. The van der Waals surface area contributed by atoms with Crippen LogP contribution < -0.4 is 9.04 Å². The molecule has 0 spiro atoms. The average Bonchev–Trinajstić information content (AvgIpc) is 2.77. The molecule has 0 aliphatic heterocycles. The molecule has 0 heterocycles. The Labute approximate surface area is 200 Å². The van der Waals surface area contributed by atoms with Crippen LogP contribution in [0.2, 0.25) is 0 Å². The quantitative estimate of drug-likeness (QED) is 0.323. The minimum Gasteiger partial charge on any atom is -0.497 e. The van der Waals surface area contributed by atoms with Crippen LogP contribution in [0.4, 0.5) is 58.4 Å². The molecule has 0 bridgehead atoms. The molecule has 0 aromatic heterocycles. The van der Waals surface area contributed by atoms with Gasteiger partial charge in [0.1, 0.15) is 5.75 Å². The molecule has 0 aliphatic carbocycles. The summed E-state index contributed by atoms with van der Waals surface area (Å²) in [5.41, 5.74) is -10.4. The van der Waals surface area contributed by atoms with Crippen molar-refractivity contribution in [2.45, 2.75) is 29.5 Å². The standard InChI is InChI=1S/C20H13F12NO3S/c1-36-14-9-7-12(8-10-14)15(11-16(21,22)17(23,24)18(25,26)19(27,28)29)33(13-5-3-2-4-6-13)37(34,35)20(30,31)32/h2-11H,1H3. The first-order valence-corrected chi connectivity index (χ1v) is 10.8. The van der Waals surface area contributed by atoms with E-state index in [1.165, 1.54) is 0 Å². The van der Waals surface area contributed by atoms with Crippen molar-refractivity contribution in [2.24, 2.45) is 0 Å². The largest absolute Gasteiger partial charge is 0.517 e. The van der Waals surface area contributed by atoms with E-state index in [4.69, 9.17) is 4.74 Å². The molecule has 0 N–H and O–H groups in total. The van der Waals surface area contributed by atoms with Gasteiger partial charge in [-0.2, -0.15) is 61.1 Å². The fourth-order valence-corrected chi connectivity index (χ4v) is 3.77. The first-order chi connectivity index (χ1) is 16.6. The predicted octanol–water partition coefficient (Wildman–Crippen LogP) is 6.86. The van der Waals surface area contributed by atoms with E-state index in [1.807, 2.05) is 0 Å².